The van der Waals surface area contributed by atoms with E-state index in [0.29, 0.717) is 0 Å². The molecule has 0 heterocycles. The molecule has 1 heteroatoms. The van der Waals surface area contributed by atoms with Crippen molar-refractivity contribution in [2.75, 3.05) is 7.05 Å². The zero-order valence-electron chi connectivity index (χ0n) is 9.83. The molecule has 0 aliphatic carbocycles. The SMILES string of the molecule is CNCc1cccc(-c2ccc(C)cc2)c1. The fourth-order valence-corrected chi connectivity index (χ4v) is 1.81. The smallest absolute Gasteiger partial charge is 0.0202 e. The Balaban J connectivity index is 2.32. The lowest BCUT2D eigenvalue weighted by atomic mass is 10.0. The molecule has 0 unspecified atom stereocenters. The van der Waals surface area contributed by atoms with Crippen LogP contribution in [0.25, 0.3) is 11.1 Å². The van der Waals surface area contributed by atoms with Crippen molar-refractivity contribution in [1.29, 1.82) is 0 Å². The third kappa shape index (κ3) is 2.50. The largest absolute Gasteiger partial charge is 0.316 e. The van der Waals surface area contributed by atoms with Gasteiger partial charge in [0.25, 0.3) is 0 Å². The van der Waals surface area contributed by atoms with Gasteiger partial charge in [-0.05, 0) is 36.7 Å². The quantitative estimate of drug-likeness (QED) is 0.820. The predicted molar refractivity (Wildman–Crippen MR) is 69.4 cm³/mol. The van der Waals surface area contributed by atoms with E-state index in [1.165, 1.54) is 22.3 Å². The van der Waals surface area contributed by atoms with Crippen LogP contribution in [0.5, 0.6) is 0 Å². The first-order chi connectivity index (χ1) is 7.79. The van der Waals surface area contributed by atoms with Crippen LogP contribution in [0.4, 0.5) is 0 Å². The minimum Gasteiger partial charge on any atom is -0.316 e. The third-order valence-electron chi connectivity index (χ3n) is 2.69. The highest BCUT2D eigenvalue weighted by molar-refractivity contribution is 5.64. The molecule has 1 nitrogen and oxygen atoms in total. The number of rotatable bonds is 3. The fourth-order valence-electron chi connectivity index (χ4n) is 1.81. The van der Waals surface area contributed by atoms with E-state index in [1.807, 2.05) is 7.05 Å². The number of aryl methyl sites for hydroxylation is 1. The van der Waals surface area contributed by atoms with E-state index in [-0.39, 0.29) is 0 Å². The first kappa shape index (κ1) is 10.9. The van der Waals surface area contributed by atoms with Gasteiger partial charge < -0.3 is 5.32 Å². The zero-order chi connectivity index (χ0) is 11.4. The van der Waals surface area contributed by atoms with E-state index < -0.39 is 0 Å². The van der Waals surface area contributed by atoms with Gasteiger partial charge in [0.05, 0.1) is 0 Å². The molecule has 0 atom stereocenters. The van der Waals surface area contributed by atoms with E-state index >= 15 is 0 Å². The summed E-state index contributed by atoms with van der Waals surface area (Å²) in [5, 5.41) is 3.17. The van der Waals surface area contributed by atoms with Gasteiger partial charge in [-0.1, -0.05) is 48.0 Å². The summed E-state index contributed by atoms with van der Waals surface area (Å²) in [5.74, 6) is 0. The highest BCUT2D eigenvalue weighted by Crippen LogP contribution is 2.20. The van der Waals surface area contributed by atoms with Gasteiger partial charge in [0.2, 0.25) is 0 Å². The van der Waals surface area contributed by atoms with Crippen LogP contribution in [0.15, 0.2) is 48.5 Å². The van der Waals surface area contributed by atoms with Gasteiger partial charge in [-0.25, -0.2) is 0 Å². The Morgan fingerprint density at radius 3 is 2.38 bits per heavy atom. The molecule has 2 aromatic rings. The maximum Gasteiger partial charge on any atom is 0.0202 e. The summed E-state index contributed by atoms with van der Waals surface area (Å²) in [7, 11) is 1.97. The summed E-state index contributed by atoms with van der Waals surface area (Å²) in [4.78, 5) is 0. The van der Waals surface area contributed by atoms with Crippen molar-refractivity contribution in [2.24, 2.45) is 0 Å². The molecule has 0 spiro atoms. The number of hydrogen-bond acceptors (Lipinski definition) is 1. The van der Waals surface area contributed by atoms with Crippen molar-refractivity contribution in [3.05, 3.63) is 59.7 Å². The van der Waals surface area contributed by atoms with Gasteiger partial charge >= 0.3 is 0 Å². The lowest BCUT2D eigenvalue weighted by molar-refractivity contribution is 0.818. The second-order valence-electron chi connectivity index (χ2n) is 4.10. The second-order valence-corrected chi connectivity index (χ2v) is 4.10. The highest BCUT2D eigenvalue weighted by atomic mass is 14.8. The Kier molecular flexibility index (Phi) is 3.37. The third-order valence-corrected chi connectivity index (χ3v) is 2.69. The monoisotopic (exact) mass is 211 g/mol. The summed E-state index contributed by atoms with van der Waals surface area (Å²) < 4.78 is 0. The van der Waals surface area contributed by atoms with E-state index in [2.05, 4.69) is 60.8 Å². The zero-order valence-corrected chi connectivity index (χ0v) is 9.83. The molecule has 1 N–H and O–H groups in total. The van der Waals surface area contributed by atoms with Crippen molar-refractivity contribution in [2.45, 2.75) is 13.5 Å². The van der Waals surface area contributed by atoms with Gasteiger partial charge in [-0.2, -0.15) is 0 Å². The average molecular weight is 211 g/mol. The van der Waals surface area contributed by atoms with Crippen molar-refractivity contribution >= 4 is 0 Å². The fraction of sp³-hybridized carbons (Fsp3) is 0.200. The summed E-state index contributed by atoms with van der Waals surface area (Å²) >= 11 is 0. The maximum atomic E-state index is 3.17. The molecule has 16 heavy (non-hydrogen) atoms. The van der Waals surface area contributed by atoms with Gasteiger partial charge in [-0.15, -0.1) is 0 Å². The first-order valence-electron chi connectivity index (χ1n) is 5.60. The Labute approximate surface area is 97.1 Å². The Morgan fingerprint density at radius 1 is 0.938 bits per heavy atom. The minimum atomic E-state index is 0.916. The number of hydrogen-bond donors (Lipinski definition) is 1. The topological polar surface area (TPSA) is 12.0 Å². The number of benzene rings is 2. The van der Waals surface area contributed by atoms with Gasteiger partial charge in [0.1, 0.15) is 0 Å². The average Bonchev–Trinajstić information content (AvgIpc) is 2.31. The van der Waals surface area contributed by atoms with Crippen LogP contribution in [0.1, 0.15) is 11.1 Å². The maximum absolute atomic E-state index is 3.17. The van der Waals surface area contributed by atoms with Gasteiger partial charge in [0, 0.05) is 6.54 Å². The summed E-state index contributed by atoms with van der Waals surface area (Å²) in [5.41, 5.74) is 5.19. The molecule has 0 amide bonds. The standard InChI is InChI=1S/C15H17N/c1-12-6-8-14(9-7-12)15-5-3-4-13(10-15)11-16-2/h3-10,16H,11H2,1-2H3. The predicted octanol–water partition coefficient (Wildman–Crippen LogP) is 3.38. The lowest BCUT2D eigenvalue weighted by Crippen LogP contribution is -2.04. The van der Waals surface area contributed by atoms with E-state index in [9.17, 15) is 0 Å². The van der Waals surface area contributed by atoms with Crippen LogP contribution in [-0.2, 0) is 6.54 Å². The van der Waals surface area contributed by atoms with Crippen LogP contribution in [0.3, 0.4) is 0 Å². The molecule has 0 aliphatic rings. The van der Waals surface area contributed by atoms with E-state index in [0.717, 1.165) is 6.54 Å². The second kappa shape index (κ2) is 4.95. The molecular weight excluding hydrogens is 194 g/mol. The van der Waals surface area contributed by atoms with Crippen LogP contribution < -0.4 is 5.32 Å². The molecule has 0 saturated heterocycles. The van der Waals surface area contributed by atoms with Crippen LogP contribution in [-0.4, -0.2) is 7.05 Å². The summed E-state index contributed by atoms with van der Waals surface area (Å²) in [6.07, 6.45) is 0. The highest BCUT2D eigenvalue weighted by Gasteiger charge is 1.98. The van der Waals surface area contributed by atoms with Crippen LogP contribution in [0.2, 0.25) is 0 Å². The van der Waals surface area contributed by atoms with Crippen molar-refractivity contribution in [3.8, 4) is 11.1 Å². The molecule has 0 fully saturated rings. The van der Waals surface area contributed by atoms with Crippen LogP contribution >= 0.6 is 0 Å². The molecule has 0 aliphatic heterocycles. The molecule has 2 rings (SSSR count). The summed E-state index contributed by atoms with van der Waals surface area (Å²) in [6, 6.07) is 17.3. The lowest BCUT2D eigenvalue weighted by Gasteiger charge is -2.05. The first-order valence-corrected chi connectivity index (χ1v) is 5.60. The van der Waals surface area contributed by atoms with Gasteiger partial charge in [-0.3, -0.25) is 0 Å². The molecule has 0 radical (unpaired) electrons. The Hall–Kier alpha value is -1.60. The molecule has 0 aromatic heterocycles. The molecule has 2 aromatic carbocycles. The normalized spacial score (nSPS) is 10.4. The molecule has 82 valence electrons. The van der Waals surface area contributed by atoms with Crippen LogP contribution in [0, 0.1) is 6.92 Å². The Morgan fingerprint density at radius 2 is 1.69 bits per heavy atom. The minimum absolute atomic E-state index is 0.916. The summed E-state index contributed by atoms with van der Waals surface area (Å²) in [6.45, 7) is 3.03. The Bertz CT molecular complexity index is 457. The van der Waals surface area contributed by atoms with E-state index in [4.69, 9.17) is 0 Å². The molecular formula is C15H17N. The van der Waals surface area contributed by atoms with E-state index in [1.54, 1.807) is 0 Å². The van der Waals surface area contributed by atoms with Gasteiger partial charge in [0.15, 0.2) is 0 Å². The molecule has 0 bridgehead atoms. The van der Waals surface area contributed by atoms with Crippen molar-refractivity contribution in [1.82, 2.24) is 5.32 Å². The van der Waals surface area contributed by atoms with Crippen molar-refractivity contribution < 1.29 is 0 Å². The number of nitrogens with one attached hydrogen (secondary N) is 1. The molecule has 0 saturated carbocycles. The van der Waals surface area contributed by atoms with Crippen molar-refractivity contribution in [3.63, 3.8) is 0 Å².